The minimum absolute atomic E-state index is 0.507. The molecule has 1 aliphatic heterocycles. The Bertz CT molecular complexity index is 187. The largest absolute Gasteiger partial charge is 0.383 e. The summed E-state index contributed by atoms with van der Waals surface area (Å²) in [6, 6.07) is 1.11. The molecule has 3 atom stereocenters. The van der Waals surface area contributed by atoms with Gasteiger partial charge < -0.3 is 15.0 Å². The Hall–Kier alpha value is -0.120. The number of likely N-dealkylation sites (tertiary alicyclic amines) is 1. The molecule has 1 N–H and O–H groups in total. The van der Waals surface area contributed by atoms with E-state index in [2.05, 4.69) is 31.1 Å². The quantitative estimate of drug-likeness (QED) is 0.749. The van der Waals surface area contributed by atoms with E-state index in [1.165, 1.54) is 25.9 Å². The smallest absolute Gasteiger partial charge is 0.0615 e. The number of hydrogen-bond donors (Lipinski definition) is 1. The first kappa shape index (κ1) is 13.9. The topological polar surface area (TPSA) is 24.5 Å². The Balaban J connectivity index is 2.34. The minimum atomic E-state index is 0.507. The summed E-state index contributed by atoms with van der Waals surface area (Å²) in [7, 11) is 4.01. The lowest BCUT2D eigenvalue weighted by atomic mass is 9.91. The maximum absolute atomic E-state index is 5.23. The molecule has 0 aromatic rings. The van der Waals surface area contributed by atoms with E-state index in [-0.39, 0.29) is 0 Å². The van der Waals surface area contributed by atoms with Crippen molar-refractivity contribution in [2.45, 2.75) is 45.2 Å². The standard InChI is InChI=1S/C13H28N2O/c1-5-13(10-16-4)14-11(2)12-7-6-8-15(3)9-12/h11-14H,5-10H2,1-4H3. The molecule has 3 nitrogen and oxygen atoms in total. The SMILES string of the molecule is CCC(COC)NC(C)C1CCCN(C)C1. The molecule has 1 rings (SSSR count). The van der Waals surface area contributed by atoms with E-state index in [1.807, 2.05) is 0 Å². The van der Waals surface area contributed by atoms with Crippen LogP contribution in [-0.4, -0.2) is 50.8 Å². The van der Waals surface area contributed by atoms with Gasteiger partial charge in [-0.3, -0.25) is 0 Å². The molecule has 0 bridgehead atoms. The number of ether oxygens (including phenoxy) is 1. The molecule has 0 saturated carbocycles. The van der Waals surface area contributed by atoms with Crippen LogP contribution in [0.3, 0.4) is 0 Å². The third-order valence-electron chi connectivity index (χ3n) is 3.73. The Morgan fingerprint density at radius 3 is 2.81 bits per heavy atom. The molecule has 0 amide bonds. The second-order valence-corrected chi connectivity index (χ2v) is 5.18. The number of nitrogens with one attached hydrogen (secondary N) is 1. The monoisotopic (exact) mass is 228 g/mol. The summed E-state index contributed by atoms with van der Waals surface area (Å²) in [5, 5.41) is 3.71. The lowest BCUT2D eigenvalue weighted by Crippen LogP contribution is -2.47. The molecule has 1 fully saturated rings. The molecular weight excluding hydrogens is 200 g/mol. The normalized spacial score (nSPS) is 26.6. The van der Waals surface area contributed by atoms with Crippen LogP contribution in [0.4, 0.5) is 0 Å². The van der Waals surface area contributed by atoms with Gasteiger partial charge in [-0.2, -0.15) is 0 Å². The molecule has 1 saturated heterocycles. The molecular formula is C13H28N2O. The van der Waals surface area contributed by atoms with Crippen LogP contribution in [0.1, 0.15) is 33.1 Å². The number of hydrogen-bond acceptors (Lipinski definition) is 3. The van der Waals surface area contributed by atoms with E-state index in [0.29, 0.717) is 12.1 Å². The van der Waals surface area contributed by atoms with Gasteiger partial charge in [-0.25, -0.2) is 0 Å². The van der Waals surface area contributed by atoms with E-state index in [1.54, 1.807) is 7.11 Å². The summed E-state index contributed by atoms with van der Waals surface area (Å²) in [6.07, 6.45) is 3.84. The van der Waals surface area contributed by atoms with Crippen LogP contribution in [0.15, 0.2) is 0 Å². The van der Waals surface area contributed by atoms with Gasteiger partial charge in [0.15, 0.2) is 0 Å². The van der Waals surface area contributed by atoms with Crippen molar-refractivity contribution >= 4 is 0 Å². The summed E-state index contributed by atoms with van der Waals surface area (Å²) >= 11 is 0. The van der Waals surface area contributed by atoms with Crippen molar-refractivity contribution in [3.63, 3.8) is 0 Å². The second-order valence-electron chi connectivity index (χ2n) is 5.18. The molecule has 16 heavy (non-hydrogen) atoms. The van der Waals surface area contributed by atoms with Crippen molar-refractivity contribution in [1.82, 2.24) is 10.2 Å². The van der Waals surface area contributed by atoms with Gasteiger partial charge in [0.2, 0.25) is 0 Å². The number of piperidine rings is 1. The summed E-state index contributed by atoms with van der Waals surface area (Å²) in [4.78, 5) is 2.45. The molecule has 1 aliphatic rings. The fourth-order valence-corrected chi connectivity index (χ4v) is 2.61. The van der Waals surface area contributed by atoms with Crippen LogP contribution in [0.25, 0.3) is 0 Å². The van der Waals surface area contributed by atoms with Crippen LogP contribution >= 0.6 is 0 Å². The van der Waals surface area contributed by atoms with Crippen molar-refractivity contribution in [3.8, 4) is 0 Å². The molecule has 3 unspecified atom stereocenters. The second kappa shape index (κ2) is 7.25. The van der Waals surface area contributed by atoms with Crippen molar-refractivity contribution in [1.29, 1.82) is 0 Å². The molecule has 3 heteroatoms. The summed E-state index contributed by atoms with van der Waals surface area (Å²) in [5.74, 6) is 0.796. The first-order valence-corrected chi connectivity index (χ1v) is 6.60. The van der Waals surface area contributed by atoms with E-state index in [0.717, 1.165) is 18.9 Å². The zero-order valence-corrected chi connectivity index (χ0v) is 11.3. The van der Waals surface area contributed by atoms with Gasteiger partial charge in [0.05, 0.1) is 6.61 Å². The first-order chi connectivity index (χ1) is 7.67. The highest BCUT2D eigenvalue weighted by atomic mass is 16.5. The average molecular weight is 228 g/mol. The minimum Gasteiger partial charge on any atom is -0.383 e. The van der Waals surface area contributed by atoms with Crippen molar-refractivity contribution in [3.05, 3.63) is 0 Å². The molecule has 0 aromatic heterocycles. The number of rotatable bonds is 6. The van der Waals surface area contributed by atoms with Gasteiger partial charge in [0.25, 0.3) is 0 Å². The summed E-state index contributed by atoms with van der Waals surface area (Å²) in [6.45, 7) is 7.86. The van der Waals surface area contributed by atoms with Gasteiger partial charge >= 0.3 is 0 Å². The van der Waals surface area contributed by atoms with Crippen LogP contribution < -0.4 is 5.32 Å². The Morgan fingerprint density at radius 2 is 2.25 bits per heavy atom. The molecule has 0 aromatic carbocycles. The Morgan fingerprint density at radius 1 is 1.50 bits per heavy atom. The number of methoxy groups -OCH3 is 1. The molecule has 0 spiro atoms. The van der Waals surface area contributed by atoms with Gasteiger partial charge in [-0.1, -0.05) is 6.92 Å². The lowest BCUT2D eigenvalue weighted by molar-refractivity contribution is 0.134. The fourth-order valence-electron chi connectivity index (χ4n) is 2.61. The zero-order valence-electron chi connectivity index (χ0n) is 11.3. The average Bonchev–Trinajstić information content (AvgIpc) is 2.28. The van der Waals surface area contributed by atoms with E-state index in [4.69, 9.17) is 4.74 Å². The molecule has 96 valence electrons. The van der Waals surface area contributed by atoms with Gasteiger partial charge in [-0.05, 0) is 45.7 Å². The van der Waals surface area contributed by atoms with Gasteiger partial charge in [-0.15, -0.1) is 0 Å². The highest BCUT2D eigenvalue weighted by Gasteiger charge is 2.23. The van der Waals surface area contributed by atoms with Crippen LogP contribution in [0.5, 0.6) is 0 Å². The zero-order chi connectivity index (χ0) is 12.0. The fraction of sp³-hybridized carbons (Fsp3) is 1.00. The maximum Gasteiger partial charge on any atom is 0.0615 e. The predicted molar refractivity (Wildman–Crippen MR) is 68.8 cm³/mol. The van der Waals surface area contributed by atoms with Gasteiger partial charge in [0, 0.05) is 25.7 Å². The van der Waals surface area contributed by atoms with Crippen LogP contribution in [0.2, 0.25) is 0 Å². The third kappa shape index (κ3) is 4.40. The van der Waals surface area contributed by atoms with Crippen molar-refractivity contribution in [2.75, 3.05) is 33.9 Å². The maximum atomic E-state index is 5.23. The first-order valence-electron chi connectivity index (χ1n) is 6.60. The Labute approximate surface area is 101 Å². The molecule has 0 aliphatic carbocycles. The summed E-state index contributed by atoms with van der Waals surface area (Å²) in [5.41, 5.74) is 0. The Kier molecular flexibility index (Phi) is 6.32. The lowest BCUT2D eigenvalue weighted by Gasteiger charge is -2.35. The third-order valence-corrected chi connectivity index (χ3v) is 3.73. The van der Waals surface area contributed by atoms with Crippen LogP contribution in [-0.2, 0) is 4.74 Å². The molecule has 1 heterocycles. The number of nitrogens with zero attached hydrogens (tertiary/aromatic N) is 1. The van der Waals surface area contributed by atoms with E-state index < -0.39 is 0 Å². The molecule has 0 radical (unpaired) electrons. The van der Waals surface area contributed by atoms with E-state index in [9.17, 15) is 0 Å². The van der Waals surface area contributed by atoms with Gasteiger partial charge in [0.1, 0.15) is 0 Å². The van der Waals surface area contributed by atoms with Crippen molar-refractivity contribution < 1.29 is 4.74 Å². The highest BCUT2D eigenvalue weighted by molar-refractivity contribution is 4.81. The van der Waals surface area contributed by atoms with Crippen molar-refractivity contribution in [2.24, 2.45) is 5.92 Å². The van der Waals surface area contributed by atoms with E-state index >= 15 is 0 Å². The predicted octanol–water partition coefficient (Wildman–Crippen LogP) is 1.73. The highest BCUT2D eigenvalue weighted by Crippen LogP contribution is 2.19. The summed E-state index contributed by atoms with van der Waals surface area (Å²) < 4.78 is 5.23. The van der Waals surface area contributed by atoms with Crippen LogP contribution in [0, 0.1) is 5.92 Å².